The van der Waals surface area contributed by atoms with Crippen molar-refractivity contribution in [3.05, 3.63) is 50.9 Å². The first-order valence-electron chi connectivity index (χ1n) is 5.54. The van der Waals surface area contributed by atoms with Crippen LogP contribution < -0.4 is 10.5 Å². The lowest BCUT2D eigenvalue weighted by molar-refractivity contribution is 0.308. The van der Waals surface area contributed by atoms with Gasteiger partial charge in [-0.1, -0.05) is 11.6 Å². The SMILES string of the molecule is NCCc1cc(F)cc(OCc2ccc(Cl)s2)c1. The maximum atomic E-state index is 13.3. The van der Waals surface area contributed by atoms with E-state index in [4.69, 9.17) is 22.1 Å². The van der Waals surface area contributed by atoms with Crippen LogP contribution in [0.3, 0.4) is 0 Å². The molecule has 0 bridgehead atoms. The minimum Gasteiger partial charge on any atom is -0.488 e. The highest BCUT2D eigenvalue weighted by molar-refractivity contribution is 7.16. The molecule has 0 aliphatic heterocycles. The van der Waals surface area contributed by atoms with Gasteiger partial charge in [-0.2, -0.15) is 0 Å². The molecule has 0 amide bonds. The van der Waals surface area contributed by atoms with Gasteiger partial charge < -0.3 is 10.5 Å². The highest BCUT2D eigenvalue weighted by atomic mass is 35.5. The molecule has 0 atom stereocenters. The van der Waals surface area contributed by atoms with Gasteiger partial charge in [0.2, 0.25) is 0 Å². The molecule has 0 saturated heterocycles. The third kappa shape index (κ3) is 3.70. The van der Waals surface area contributed by atoms with E-state index >= 15 is 0 Å². The molecule has 0 aliphatic carbocycles. The van der Waals surface area contributed by atoms with E-state index < -0.39 is 0 Å². The average Bonchev–Trinajstić information content (AvgIpc) is 2.72. The first kappa shape index (κ1) is 13.3. The average molecular weight is 286 g/mol. The third-order valence-corrected chi connectivity index (χ3v) is 3.58. The monoisotopic (exact) mass is 285 g/mol. The third-order valence-electron chi connectivity index (χ3n) is 2.37. The van der Waals surface area contributed by atoms with Gasteiger partial charge >= 0.3 is 0 Å². The van der Waals surface area contributed by atoms with Gasteiger partial charge in [-0.3, -0.25) is 0 Å². The molecule has 96 valence electrons. The van der Waals surface area contributed by atoms with E-state index in [1.807, 2.05) is 18.2 Å². The van der Waals surface area contributed by atoms with E-state index in [2.05, 4.69) is 0 Å². The van der Waals surface area contributed by atoms with Gasteiger partial charge in [0.15, 0.2) is 0 Å². The van der Waals surface area contributed by atoms with Crippen LogP contribution >= 0.6 is 22.9 Å². The molecule has 1 aromatic carbocycles. The number of hydrogen-bond donors (Lipinski definition) is 1. The number of rotatable bonds is 5. The predicted octanol–water partition coefficient (Wildman–Crippen LogP) is 3.62. The van der Waals surface area contributed by atoms with Crippen molar-refractivity contribution in [3.63, 3.8) is 0 Å². The van der Waals surface area contributed by atoms with Crippen molar-refractivity contribution in [1.82, 2.24) is 0 Å². The molecule has 2 nitrogen and oxygen atoms in total. The molecule has 1 aromatic heterocycles. The largest absolute Gasteiger partial charge is 0.488 e. The molecule has 0 spiro atoms. The zero-order valence-corrected chi connectivity index (χ0v) is 11.2. The topological polar surface area (TPSA) is 35.2 Å². The van der Waals surface area contributed by atoms with E-state index in [0.29, 0.717) is 25.3 Å². The molecule has 2 N–H and O–H groups in total. The highest BCUT2D eigenvalue weighted by Gasteiger charge is 2.03. The fourth-order valence-electron chi connectivity index (χ4n) is 1.60. The molecule has 0 saturated carbocycles. The molecule has 0 unspecified atom stereocenters. The van der Waals surface area contributed by atoms with Crippen LogP contribution in [-0.4, -0.2) is 6.54 Å². The van der Waals surface area contributed by atoms with Gasteiger partial charge in [-0.15, -0.1) is 11.3 Å². The maximum Gasteiger partial charge on any atom is 0.127 e. The second-order valence-electron chi connectivity index (χ2n) is 3.83. The van der Waals surface area contributed by atoms with Gasteiger partial charge in [0, 0.05) is 10.9 Å². The van der Waals surface area contributed by atoms with Crippen LogP contribution in [0.4, 0.5) is 4.39 Å². The number of thiophene rings is 1. The standard InChI is InChI=1S/C13H13ClFNOS/c14-13-2-1-12(18-13)8-17-11-6-9(3-4-16)5-10(15)7-11/h1-2,5-7H,3-4,8,16H2. The van der Waals surface area contributed by atoms with Gasteiger partial charge in [-0.25, -0.2) is 4.39 Å². The normalized spacial score (nSPS) is 10.6. The van der Waals surface area contributed by atoms with E-state index in [9.17, 15) is 4.39 Å². The van der Waals surface area contributed by atoms with Crippen LogP contribution in [0.15, 0.2) is 30.3 Å². The van der Waals surface area contributed by atoms with Crippen molar-refractivity contribution < 1.29 is 9.13 Å². The summed E-state index contributed by atoms with van der Waals surface area (Å²) in [6.45, 7) is 0.881. The second kappa shape index (κ2) is 6.18. The zero-order valence-electron chi connectivity index (χ0n) is 9.66. The Bertz CT molecular complexity index is 529. The number of nitrogens with two attached hydrogens (primary N) is 1. The number of hydrogen-bond acceptors (Lipinski definition) is 3. The fourth-order valence-corrected chi connectivity index (χ4v) is 2.60. The molecule has 0 fully saturated rings. The van der Waals surface area contributed by atoms with E-state index in [-0.39, 0.29) is 5.82 Å². The molecule has 2 rings (SSSR count). The summed E-state index contributed by atoms with van der Waals surface area (Å²) in [6, 6.07) is 8.37. The molecular weight excluding hydrogens is 273 g/mol. The zero-order chi connectivity index (χ0) is 13.0. The summed E-state index contributed by atoms with van der Waals surface area (Å²) in [6.07, 6.45) is 0.638. The lowest BCUT2D eigenvalue weighted by atomic mass is 10.1. The summed E-state index contributed by atoms with van der Waals surface area (Å²) in [5, 5.41) is 0. The Morgan fingerprint density at radius 1 is 1.28 bits per heavy atom. The number of ether oxygens (including phenoxy) is 1. The van der Waals surface area contributed by atoms with Crippen LogP contribution in [0.2, 0.25) is 4.34 Å². The quantitative estimate of drug-likeness (QED) is 0.911. The van der Waals surface area contributed by atoms with Crippen LogP contribution in [0.5, 0.6) is 5.75 Å². The van der Waals surface area contributed by atoms with Crippen molar-refractivity contribution in [2.45, 2.75) is 13.0 Å². The van der Waals surface area contributed by atoms with Gasteiger partial charge in [-0.05, 0) is 42.8 Å². The smallest absolute Gasteiger partial charge is 0.127 e. The summed E-state index contributed by atoms with van der Waals surface area (Å²) < 4.78 is 19.6. The summed E-state index contributed by atoms with van der Waals surface area (Å²) in [5.41, 5.74) is 6.30. The minimum absolute atomic E-state index is 0.305. The molecule has 0 radical (unpaired) electrons. The Morgan fingerprint density at radius 2 is 2.11 bits per heavy atom. The van der Waals surface area contributed by atoms with E-state index in [1.54, 1.807) is 0 Å². The van der Waals surface area contributed by atoms with Crippen LogP contribution in [-0.2, 0) is 13.0 Å². The van der Waals surface area contributed by atoms with Gasteiger partial charge in [0.25, 0.3) is 0 Å². The van der Waals surface area contributed by atoms with E-state index in [1.165, 1.54) is 23.5 Å². The van der Waals surface area contributed by atoms with Crippen molar-refractivity contribution in [2.75, 3.05) is 6.54 Å². The lowest BCUT2D eigenvalue weighted by Crippen LogP contribution is -2.03. The Hall–Kier alpha value is -1.10. The van der Waals surface area contributed by atoms with Crippen LogP contribution in [0.1, 0.15) is 10.4 Å². The first-order chi connectivity index (χ1) is 8.67. The Labute approximate surface area is 114 Å². The van der Waals surface area contributed by atoms with Crippen LogP contribution in [0, 0.1) is 5.82 Å². The van der Waals surface area contributed by atoms with E-state index in [0.717, 1.165) is 14.8 Å². The number of benzene rings is 1. The van der Waals surface area contributed by atoms with Gasteiger partial charge in [0.05, 0.1) is 4.34 Å². The second-order valence-corrected chi connectivity index (χ2v) is 5.63. The van der Waals surface area contributed by atoms with Crippen molar-refractivity contribution >= 4 is 22.9 Å². The van der Waals surface area contributed by atoms with Crippen molar-refractivity contribution in [2.24, 2.45) is 5.73 Å². The molecule has 2 aromatic rings. The summed E-state index contributed by atoms with van der Waals surface area (Å²) in [7, 11) is 0. The maximum absolute atomic E-state index is 13.3. The summed E-state index contributed by atoms with van der Waals surface area (Å²) in [5.74, 6) is 0.211. The summed E-state index contributed by atoms with van der Waals surface area (Å²) in [4.78, 5) is 1.00. The lowest BCUT2D eigenvalue weighted by Gasteiger charge is -2.07. The molecule has 5 heteroatoms. The molecule has 0 aliphatic rings. The van der Waals surface area contributed by atoms with Crippen molar-refractivity contribution in [3.8, 4) is 5.75 Å². The number of halogens is 2. The van der Waals surface area contributed by atoms with Crippen LogP contribution in [0.25, 0.3) is 0 Å². The molecule has 18 heavy (non-hydrogen) atoms. The fraction of sp³-hybridized carbons (Fsp3) is 0.231. The Balaban J connectivity index is 2.04. The molecular formula is C13H13ClFNOS. The Morgan fingerprint density at radius 3 is 2.78 bits per heavy atom. The highest BCUT2D eigenvalue weighted by Crippen LogP contribution is 2.24. The Kier molecular flexibility index (Phi) is 4.58. The predicted molar refractivity (Wildman–Crippen MR) is 72.8 cm³/mol. The summed E-state index contributed by atoms with van der Waals surface area (Å²) >= 11 is 7.28. The first-order valence-corrected chi connectivity index (χ1v) is 6.73. The molecule has 1 heterocycles. The van der Waals surface area contributed by atoms with Crippen molar-refractivity contribution in [1.29, 1.82) is 0 Å². The minimum atomic E-state index is -0.305. The van der Waals surface area contributed by atoms with Gasteiger partial charge in [0.1, 0.15) is 18.2 Å².